The normalized spacial score (nSPS) is 10.3. The van der Waals surface area contributed by atoms with Gasteiger partial charge < -0.3 is 5.32 Å². The maximum absolute atomic E-state index is 11.7. The van der Waals surface area contributed by atoms with Crippen LogP contribution in [-0.4, -0.2) is 20.6 Å². The summed E-state index contributed by atoms with van der Waals surface area (Å²) >= 11 is 0. The third-order valence-corrected chi connectivity index (χ3v) is 3.28. The number of amides is 2. The Bertz CT molecular complexity index is 757. The maximum Gasteiger partial charge on any atom is 0.338 e. The number of nitrogens with one attached hydrogen (secondary N) is 2. The summed E-state index contributed by atoms with van der Waals surface area (Å²) in [5, 5.41) is 2.71. The minimum atomic E-state index is -0.399. The molecule has 2 amide bonds. The fourth-order valence-electron chi connectivity index (χ4n) is 2.05. The number of aromatic nitrogens is 3. The monoisotopic (exact) mass is 323 g/mol. The first-order valence-electron chi connectivity index (χ1n) is 7.44. The third-order valence-electron chi connectivity index (χ3n) is 3.28. The predicted molar refractivity (Wildman–Crippen MR) is 88.0 cm³/mol. The summed E-state index contributed by atoms with van der Waals surface area (Å²) in [4.78, 5) is 25.1. The van der Waals surface area contributed by atoms with Crippen LogP contribution < -0.4 is 10.8 Å². The summed E-state index contributed by atoms with van der Waals surface area (Å²) < 4.78 is 1.81. The van der Waals surface area contributed by atoms with Crippen LogP contribution in [0.1, 0.15) is 11.1 Å². The molecular formula is C17H17N5O2. The zero-order chi connectivity index (χ0) is 16.6. The number of hydrogen-bond donors (Lipinski definition) is 2. The van der Waals surface area contributed by atoms with Crippen LogP contribution in [0.5, 0.6) is 0 Å². The van der Waals surface area contributed by atoms with Crippen molar-refractivity contribution in [2.75, 3.05) is 0 Å². The molecule has 0 aliphatic heterocycles. The first-order valence-corrected chi connectivity index (χ1v) is 7.44. The number of carbonyl (C=O) groups is 1. The van der Waals surface area contributed by atoms with Crippen LogP contribution >= 0.6 is 0 Å². The molecule has 0 atom stereocenters. The summed E-state index contributed by atoms with van der Waals surface area (Å²) in [5.41, 5.74) is 4.22. The Morgan fingerprint density at radius 3 is 2.71 bits per heavy atom. The van der Waals surface area contributed by atoms with E-state index in [0.717, 1.165) is 16.9 Å². The smallest absolute Gasteiger partial charge is 0.332 e. The molecule has 3 rings (SSSR count). The van der Waals surface area contributed by atoms with Crippen LogP contribution in [0.4, 0.5) is 4.79 Å². The fraction of sp³-hybridized carbons (Fsp3) is 0.118. The van der Waals surface area contributed by atoms with E-state index in [4.69, 9.17) is 4.84 Å². The molecule has 2 heterocycles. The van der Waals surface area contributed by atoms with Crippen LogP contribution in [-0.2, 0) is 18.0 Å². The molecule has 7 heteroatoms. The summed E-state index contributed by atoms with van der Waals surface area (Å²) in [6, 6.07) is 13.0. The number of hydroxylamine groups is 1. The van der Waals surface area contributed by atoms with Gasteiger partial charge in [0.25, 0.3) is 0 Å². The van der Waals surface area contributed by atoms with Crippen molar-refractivity contribution in [1.82, 2.24) is 25.3 Å². The van der Waals surface area contributed by atoms with Crippen LogP contribution in [0, 0.1) is 0 Å². The van der Waals surface area contributed by atoms with Gasteiger partial charge in [0.1, 0.15) is 12.1 Å². The van der Waals surface area contributed by atoms with E-state index < -0.39 is 6.03 Å². The Hall–Kier alpha value is -3.19. The first kappa shape index (κ1) is 15.7. The van der Waals surface area contributed by atoms with Crippen molar-refractivity contribution >= 4 is 6.03 Å². The van der Waals surface area contributed by atoms with Gasteiger partial charge in [-0.3, -0.25) is 9.40 Å². The minimum absolute atomic E-state index is 0.315. The van der Waals surface area contributed by atoms with E-state index in [1.807, 2.05) is 48.7 Å². The molecule has 7 nitrogen and oxygen atoms in total. The molecule has 0 bridgehead atoms. The van der Waals surface area contributed by atoms with Gasteiger partial charge in [0.05, 0.1) is 6.61 Å². The second-order valence-corrected chi connectivity index (χ2v) is 5.05. The van der Waals surface area contributed by atoms with Gasteiger partial charge in [0.2, 0.25) is 0 Å². The van der Waals surface area contributed by atoms with E-state index in [1.54, 1.807) is 23.3 Å². The highest BCUT2D eigenvalue weighted by Gasteiger charge is 2.02. The Kier molecular flexibility index (Phi) is 5.16. The quantitative estimate of drug-likeness (QED) is 0.682. The molecule has 0 fully saturated rings. The standard InChI is InChI=1S/C17H17N5O2/c23-17(21-24-12-14-4-2-1-3-5-14)20-11-15-6-7-16(19-10-15)22-9-8-18-13-22/h1-10,13H,11-12H2,(H2,20,21,23). The number of nitrogens with zero attached hydrogens (tertiary/aromatic N) is 3. The third kappa shape index (κ3) is 4.40. The molecule has 1 aromatic carbocycles. The second kappa shape index (κ2) is 7.89. The lowest BCUT2D eigenvalue weighted by atomic mass is 10.2. The Balaban J connectivity index is 1.41. The molecule has 0 unspecified atom stereocenters. The number of rotatable bonds is 6. The molecule has 24 heavy (non-hydrogen) atoms. The van der Waals surface area contributed by atoms with Crippen LogP contribution in [0.2, 0.25) is 0 Å². The van der Waals surface area contributed by atoms with E-state index in [1.165, 1.54) is 0 Å². The maximum atomic E-state index is 11.7. The van der Waals surface area contributed by atoms with Crippen molar-refractivity contribution < 1.29 is 9.63 Å². The minimum Gasteiger partial charge on any atom is -0.332 e. The highest BCUT2D eigenvalue weighted by molar-refractivity contribution is 5.72. The average Bonchev–Trinajstić information content (AvgIpc) is 3.16. The number of benzene rings is 1. The van der Waals surface area contributed by atoms with E-state index in [2.05, 4.69) is 20.8 Å². The molecule has 0 saturated carbocycles. The summed E-state index contributed by atoms with van der Waals surface area (Å²) in [6.07, 6.45) is 6.90. The average molecular weight is 323 g/mol. The van der Waals surface area contributed by atoms with Crippen molar-refractivity contribution in [2.24, 2.45) is 0 Å². The number of urea groups is 1. The van der Waals surface area contributed by atoms with Gasteiger partial charge >= 0.3 is 6.03 Å². The summed E-state index contributed by atoms with van der Waals surface area (Å²) in [7, 11) is 0. The highest BCUT2D eigenvalue weighted by Crippen LogP contribution is 2.05. The van der Waals surface area contributed by atoms with Gasteiger partial charge in [-0.15, -0.1) is 0 Å². The Morgan fingerprint density at radius 1 is 1.12 bits per heavy atom. The SMILES string of the molecule is O=C(NCc1ccc(-n2ccnc2)nc1)NOCc1ccccc1. The zero-order valence-corrected chi connectivity index (χ0v) is 12.9. The molecule has 0 saturated heterocycles. The van der Waals surface area contributed by atoms with Gasteiger partial charge in [0.15, 0.2) is 0 Å². The lowest BCUT2D eigenvalue weighted by Crippen LogP contribution is -2.34. The number of carbonyl (C=O) groups excluding carboxylic acids is 1. The van der Waals surface area contributed by atoms with Crippen LogP contribution in [0.15, 0.2) is 67.4 Å². The first-order chi connectivity index (χ1) is 11.8. The van der Waals surface area contributed by atoms with E-state index in [-0.39, 0.29) is 0 Å². The van der Waals surface area contributed by atoms with Crippen molar-refractivity contribution in [3.63, 3.8) is 0 Å². The number of hydrogen-bond acceptors (Lipinski definition) is 4. The zero-order valence-electron chi connectivity index (χ0n) is 12.9. The molecular weight excluding hydrogens is 306 g/mol. The molecule has 0 radical (unpaired) electrons. The lowest BCUT2D eigenvalue weighted by molar-refractivity contribution is 0.0490. The summed E-state index contributed by atoms with van der Waals surface area (Å²) in [5.74, 6) is 0.770. The largest absolute Gasteiger partial charge is 0.338 e. The van der Waals surface area contributed by atoms with E-state index >= 15 is 0 Å². The van der Waals surface area contributed by atoms with Crippen LogP contribution in [0.25, 0.3) is 5.82 Å². The Morgan fingerprint density at radius 2 is 2.00 bits per heavy atom. The topological polar surface area (TPSA) is 81.1 Å². The molecule has 0 spiro atoms. The molecule has 0 aliphatic carbocycles. The molecule has 0 aliphatic rings. The highest BCUT2D eigenvalue weighted by atomic mass is 16.7. The van der Waals surface area contributed by atoms with E-state index in [0.29, 0.717) is 13.2 Å². The fourth-order valence-corrected chi connectivity index (χ4v) is 2.05. The van der Waals surface area contributed by atoms with Gasteiger partial charge in [0, 0.05) is 25.1 Å². The number of pyridine rings is 1. The lowest BCUT2D eigenvalue weighted by Gasteiger charge is -2.08. The van der Waals surface area contributed by atoms with Crippen LogP contribution in [0.3, 0.4) is 0 Å². The molecule has 2 aromatic heterocycles. The van der Waals surface area contributed by atoms with Gasteiger partial charge in [-0.25, -0.2) is 20.2 Å². The predicted octanol–water partition coefficient (Wildman–Crippen LogP) is 2.20. The molecule has 122 valence electrons. The van der Waals surface area contributed by atoms with Crippen molar-refractivity contribution in [3.05, 3.63) is 78.5 Å². The second-order valence-electron chi connectivity index (χ2n) is 5.05. The van der Waals surface area contributed by atoms with Gasteiger partial charge in [-0.05, 0) is 17.2 Å². The van der Waals surface area contributed by atoms with Crippen molar-refractivity contribution in [2.45, 2.75) is 13.2 Å². The van der Waals surface area contributed by atoms with E-state index in [9.17, 15) is 4.79 Å². The molecule has 3 aromatic rings. The van der Waals surface area contributed by atoms with Gasteiger partial charge in [-0.2, -0.15) is 0 Å². The van der Waals surface area contributed by atoms with Crippen molar-refractivity contribution in [1.29, 1.82) is 0 Å². The summed E-state index contributed by atoms with van der Waals surface area (Å²) in [6.45, 7) is 0.674. The Labute approximate surface area is 139 Å². The molecule has 2 N–H and O–H groups in total. The van der Waals surface area contributed by atoms with Crippen molar-refractivity contribution in [3.8, 4) is 5.82 Å². The number of imidazole rings is 1. The van der Waals surface area contributed by atoms with Gasteiger partial charge in [-0.1, -0.05) is 36.4 Å².